The normalized spacial score (nSPS) is 17.5. The van der Waals surface area contributed by atoms with E-state index in [0.29, 0.717) is 15.7 Å². The molecule has 0 bridgehead atoms. The van der Waals surface area contributed by atoms with Crippen LogP contribution in [0.2, 0.25) is 10.0 Å². The third-order valence-electron chi connectivity index (χ3n) is 3.48. The number of hydrogen-bond acceptors (Lipinski definition) is 3. The average Bonchev–Trinajstić information content (AvgIpc) is 2.72. The topological polar surface area (TPSA) is 69.6 Å². The number of carbonyl (C=O) groups excluding carboxylic acids is 2. The summed E-state index contributed by atoms with van der Waals surface area (Å²) in [6.45, 7) is 0. The van der Waals surface area contributed by atoms with Crippen molar-refractivity contribution in [3.63, 3.8) is 0 Å². The Bertz CT molecular complexity index is 774. The maximum Gasteiger partial charge on any atom is 0.329 e. The molecule has 0 aromatic heterocycles. The zero-order valence-corrected chi connectivity index (χ0v) is 13.3. The highest BCUT2D eigenvalue weighted by molar-refractivity contribution is 6.35. The smallest absolute Gasteiger partial charge is 0.329 e. The van der Waals surface area contributed by atoms with Crippen molar-refractivity contribution in [3.8, 4) is 5.75 Å². The molecule has 0 saturated carbocycles. The quantitative estimate of drug-likeness (QED) is 0.833. The minimum Gasteiger partial charge on any atom is -0.508 e. The van der Waals surface area contributed by atoms with Crippen molar-refractivity contribution in [3.05, 3.63) is 58.1 Å². The first-order chi connectivity index (χ1) is 10.9. The Kier molecular flexibility index (Phi) is 4.15. The maximum atomic E-state index is 12.5. The predicted octanol–water partition coefficient (Wildman–Crippen LogP) is 3.37. The van der Waals surface area contributed by atoms with Gasteiger partial charge in [0, 0.05) is 16.5 Å². The van der Waals surface area contributed by atoms with Crippen molar-refractivity contribution < 1.29 is 14.7 Å². The zero-order valence-electron chi connectivity index (χ0n) is 11.8. The molecule has 7 heteroatoms. The van der Waals surface area contributed by atoms with Gasteiger partial charge in [0.25, 0.3) is 5.91 Å². The fraction of sp³-hybridized carbons (Fsp3) is 0.125. The number of halogens is 2. The maximum absolute atomic E-state index is 12.5. The fourth-order valence-electron chi connectivity index (χ4n) is 2.50. The highest BCUT2D eigenvalue weighted by Gasteiger charge is 2.39. The number of aromatic hydroxyl groups is 1. The number of hydrogen-bond donors (Lipinski definition) is 2. The standard InChI is InChI=1S/C16H12Cl2N2O3/c17-10-6-11(18)8-12(7-10)20-15(22)14(19-16(20)23)5-9-2-1-3-13(21)4-9/h1-4,6-8,14,21H,5H2,(H,19,23). The van der Waals surface area contributed by atoms with Gasteiger partial charge in [-0.25, -0.2) is 9.69 Å². The molecule has 1 aliphatic heterocycles. The van der Waals surface area contributed by atoms with Gasteiger partial charge in [-0.15, -0.1) is 0 Å². The second-order valence-electron chi connectivity index (χ2n) is 5.18. The highest BCUT2D eigenvalue weighted by atomic mass is 35.5. The number of phenolic OH excluding ortho intramolecular Hbond substituents is 1. The predicted molar refractivity (Wildman–Crippen MR) is 88.1 cm³/mol. The number of anilines is 1. The summed E-state index contributed by atoms with van der Waals surface area (Å²) in [6, 6.07) is 9.84. The Morgan fingerprint density at radius 3 is 2.43 bits per heavy atom. The molecular weight excluding hydrogens is 339 g/mol. The molecule has 2 N–H and O–H groups in total. The molecule has 1 heterocycles. The van der Waals surface area contributed by atoms with Gasteiger partial charge in [0.1, 0.15) is 11.8 Å². The van der Waals surface area contributed by atoms with Crippen LogP contribution in [0.1, 0.15) is 5.56 Å². The molecule has 3 amide bonds. The zero-order chi connectivity index (χ0) is 16.6. The van der Waals surface area contributed by atoms with Crippen molar-refractivity contribution in [1.82, 2.24) is 5.32 Å². The number of benzene rings is 2. The van der Waals surface area contributed by atoms with Crippen molar-refractivity contribution >= 4 is 40.8 Å². The van der Waals surface area contributed by atoms with E-state index in [4.69, 9.17) is 23.2 Å². The molecule has 5 nitrogen and oxygen atoms in total. The Hall–Kier alpha value is -2.24. The van der Waals surface area contributed by atoms with Crippen LogP contribution in [0, 0.1) is 0 Å². The van der Waals surface area contributed by atoms with E-state index in [9.17, 15) is 14.7 Å². The van der Waals surface area contributed by atoms with Crippen LogP contribution < -0.4 is 10.2 Å². The van der Waals surface area contributed by atoms with E-state index in [-0.39, 0.29) is 12.2 Å². The Labute approximate surface area is 142 Å². The largest absolute Gasteiger partial charge is 0.508 e. The van der Waals surface area contributed by atoms with Gasteiger partial charge in [0.15, 0.2) is 0 Å². The van der Waals surface area contributed by atoms with E-state index >= 15 is 0 Å². The van der Waals surface area contributed by atoms with E-state index in [1.165, 1.54) is 18.2 Å². The summed E-state index contributed by atoms with van der Waals surface area (Å²) in [5, 5.41) is 12.8. The first-order valence-electron chi connectivity index (χ1n) is 6.82. The van der Waals surface area contributed by atoms with E-state index in [0.717, 1.165) is 10.5 Å². The summed E-state index contributed by atoms with van der Waals surface area (Å²) in [4.78, 5) is 25.7. The molecule has 3 rings (SSSR count). The summed E-state index contributed by atoms with van der Waals surface area (Å²) in [5.74, 6) is -0.283. The lowest BCUT2D eigenvalue weighted by Gasteiger charge is -2.14. The Balaban J connectivity index is 1.85. The monoisotopic (exact) mass is 350 g/mol. The third kappa shape index (κ3) is 3.25. The molecular formula is C16H12Cl2N2O3. The van der Waals surface area contributed by atoms with Crippen LogP contribution in [0.25, 0.3) is 0 Å². The van der Waals surface area contributed by atoms with Crippen LogP contribution >= 0.6 is 23.2 Å². The summed E-state index contributed by atoms with van der Waals surface area (Å²) in [7, 11) is 0. The molecule has 1 fully saturated rings. The fourth-order valence-corrected chi connectivity index (χ4v) is 3.02. The van der Waals surface area contributed by atoms with Gasteiger partial charge in [-0.2, -0.15) is 0 Å². The minimum atomic E-state index is -0.706. The number of imide groups is 1. The van der Waals surface area contributed by atoms with Crippen LogP contribution in [-0.4, -0.2) is 23.1 Å². The molecule has 1 saturated heterocycles. The molecule has 118 valence electrons. The lowest BCUT2D eigenvalue weighted by molar-refractivity contribution is -0.118. The number of phenols is 1. The molecule has 0 aliphatic carbocycles. The highest BCUT2D eigenvalue weighted by Crippen LogP contribution is 2.28. The van der Waals surface area contributed by atoms with E-state index < -0.39 is 18.0 Å². The average molecular weight is 351 g/mol. The Morgan fingerprint density at radius 1 is 1.09 bits per heavy atom. The van der Waals surface area contributed by atoms with Gasteiger partial charge in [-0.1, -0.05) is 35.3 Å². The van der Waals surface area contributed by atoms with Crippen molar-refractivity contribution in [1.29, 1.82) is 0 Å². The second kappa shape index (κ2) is 6.10. The number of urea groups is 1. The van der Waals surface area contributed by atoms with Gasteiger partial charge in [0.2, 0.25) is 0 Å². The van der Waals surface area contributed by atoms with Crippen LogP contribution in [0.3, 0.4) is 0 Å². The number of nitrogens with zero attached hydrogens (tertiary/aromatic N) is 1. The molecule has 2 aromatic rings. The van der Waals surface area contributed by atoms with Crippen LogP contribution in [0.5, 0.6) is 5.75 Å². The van der Waals surface area contributed by atoms with Crippen LogP contribution in [0.15, 0.2) is 42.5 Å². The van der Waals surface area contributed by atoms with Gasteiger partial charge >= 0.3 is 6.03 Å². The van der Waals surface area contributed by atoms with E-state index in [1.807, 2.05) is 0 Å². The van der Waals surface area contributed by atoms with E-state index in [2.05, 4.69) is 5.32 Å². The third-order valence-corrected chi connectivity index (χ3v) is 3.91. The van der Waals surface area contributed by atoms with Crippen molar-refractivity contribution in [2.24, 2.45) is 0 Å². The minimum absolute atomic E-state index is 0.109. The summed E-state index contributed by atoms with van der Waals surface area (Å²) >= 11 is 11.9. The second-order valence-corrected chi connectivity index (χ2v) is 6.05. The van der Waals surface area contributed by atoms with E-state index in [1.54, 1.807) is 24.3 Å². The molecule has 0 spiro atoms. The number of amides is 3. The summed E-state index contributed by atoms with van der Waals surface area (Å²) in [6.07, 6.45) is 0.282. The SMILES string of the molecule is O=C1NC(Cc2cccc(O)c2)C(=O)N1c1cc(Cl)cc(Cl)c1. The lowest BCUT2D eigenvalue weighted by Crippen LogP contribution is -2.32. The van der Waals surface area contributed by atoms with Gasteiger partial charge in [-0.3, -0.25) is 4.79 Å². The summed E-state index contributed by atoms with van der Waals surface area (Å²) < 4.78 is 0. The van der Waals surface area contributed by atoms with Crippen LogP contribution in [-0.2, 0) is 11.2 Å². The lowest BCUT2D eigenvalue weighted by atomic mass is 10.1. The number of rotatable bonds is 3. The summed E-state index contributed by atoms with van der Waals surface area (Å²) in [5.41, 5.74) is 1.07. The molecule has 1 atom stereocenters. The van der Waals surface area contributed by atoms with Gasteiger partial charge in [0.05, 0.1) is 5.69 Å². The van der Waals surface area contributed by atoms with Crippen molar-refractivity contribution in [2.45, 2.75) is 12.5 Å². The first kappa shape index (κ1) is 15.6. The number of carbonyl (C=O) groups is 2. The first-order valence-corrected chi connectivity index (χ1v) is 7.58. The molecule has 1 unspecified atom stereocenters. The van der Waals surface area contributed by atoms with Gasteiger partial charge in [-0.05, 0) is 35.9 Å². The van der Waals surface area contributed by atoms with Gasteiger partial charge < -0.3 is 10.4 Å². The van der Waals surface area contributed by atoms with Crippen LogP contribution in [0.4, 0.5) is 10.5 Å². The molecule has 1 aliphatic rings. The number of nitrogens with one attached hydrogen (secondary N) is 1. The van der Waals surface area contributed by atoms with Crippen molar-refractivity contribution in [2.75, 3.05) is 4.90 Å². The molecule has 23 heavy (non-hydrogen) atoms. The molecule has 0 radical (unpaired) electrons. The molecule has 2 aromatic carbocycles. The Morgan fingerprint density at radius 2 is 1.78 bits per heavy atom.